The van der Waals surface area contributed by atoms with Crippen molar-refractivity contribution in [2.75, 3.05) is 0 Å². The highest BCUT2D eigenvalue weighted by molar-refractivity contribution is 6.74. The summed E-state index contributed by atoms with van der Waals surface area (Å²) in [5.41, 5.74) is 3.93. The molecule has 5 nitrogen and oxygen atoms in total. The van der Waals surface area contributed by atoms with Crippen molar-refractivity contribution in [3.8, 4) is 11.1 Å². The minimum absolute atomic E-state index is 0.00958. The molecule has 5 atom stereocenters. The minimum Gasteiger partial charge on any atom is -0.462 e. The van der Waals surface area contributed by atoms with Gasteiger partial charge in [-0.25, -0.2) is 4.79 Å². The first-order chi connectivity index (χ1) is 20.5. The number of ether oxygens (including phenoxy) is 2. The molecule has 0 radical (unpaired) electrons. The fraction of sp³-hybridized carbons (Fsp3) is 0.405. The Morgan fingerprint density at radius 2 is 1.58 bits per heavy atom. The molecule has 226 valence electrons. The Labute approximate surface area is 257 Å². The van der Waals surface area contributed by atoms with E-state index in [2.05, 4.69) is 70.3 Å². The number of carbonyl (C=O) groups excluding carboxylic acids is 2. The van der Waals surface area contributed by atoms with Gasteiger partial charge in [0.25, 0.3) is 0 Å². The summed E-state index contributed by atoms with van der Waals surface area (Å²) in [6.45, 7) is 11.3. The van der Waals surface area contributed by atoms with Crippen molar-refractivity contribution in [2.45, 2.75) is 82.9 Å². The van der Waals surface area contributed by atoms with Crippen molar-refractivity contribution in [3.05, 3.63) is 108 Å². The standard InChI is InChI=1S/C37H44O5Si/c1-37(2,3)43(4,5)42-30(21-16-26-12-8-6-9-13-26)22-23-31-32-24-35(38)40-34(32)25-33(31)41-36(39)29-19-17-28(18-20-29)27-14-10-7-11-15-27/h6-15,17-20,22-23,30-34H,16,21,24-25H2,1-5H3/b23-22+/t30-,31-,32-,33+,34+/m1/s1. The lowest BCUT2D eigenvalue weighted by atomic mass is 9.91. The van der Waals surface area contributed by atoms with Gasteiger partial charge >= 0.3 is 11.9 Å². The van der Waals surface area contributed by atoms with Gasteiger partial charge in [0.2, 0.25) is 0 Å². The van der Waals surface area contributed by atoms with Crippen molar-refractivity contribution in [1.29, 1.82) is 0 Å². The third-order valence-electron chi connectivity index (χ3n) is 9.40. The summed E-state index contributed by atoms with van der Waals surface area (Å²) in [4.78, 5) is 25.5. The van der Waals surface area contributed by atoms with Gasteiger partial charge in [0.05, 0.1) is 18.1 Å². The molecule has 2 aliphatic rings. The molecule has 0 unspecified atom stereocenters. The minimum atomic E-state index is -2.05. The zero-order valence-corrected chi connectivity index (χ0v) is 27.0. The van der Waals surface area contributed by atoms with Gasteiger partial charge in [-0.3, -0.25) is 4.79 Å². The maximum absolute atomic E-state index is 13.3. The SMILES string of the molecule is CC(C)(C)[Si](C)(C)O[C@@H](/C=C/[C@@H]1[C@H]2CC(=O)O[C@H]2C[C@@H]1OC(=O)c1ccc(-c2ccccc2)cc1)CCc1ccccc1. The predicted octanol–water partition coefficient (Wildman–Crippen LogP) is 8.41. The van der Waals surface area contributed by atoms with Crippen molar-refractivity contribution < 1.29 is 23.5 Å². The zero-order chi connectivity index (χ0) is 30.6. The lowest BCUT2D eigenvalue weighted by Crippen LogP contribution is -2.43. The van der Waals surface area contributed by atoms with Crippen LogP contribution in [-0.4, -0.2) is 38.6 Å². The molecule has 43 heavy (non-hydrogen) atoms. The van der Waals surface area contributed by atoms with Crippen molar-refractivity contribution in [1.82, 2.24) is 0 Å². The maximum atomic E-state index is 13.3. The first-order valence-corrected chi connectivity index (χ1v) is 18.4. The fourth-order valence-corrected chi connectivity index (χ4v) is 7.19. The molecule has 0 N–H and O–H groups in total. The van der Waals surface area contributed by atoms with Crippen LogP contribution in [-0.2, 0) is 25.1 Å². The van der Waals surface area contributed by atoms with Gasteiger partial charge in [-0.05, 0) is 59.8 Å². The molecule has 2 fully saturated rings. The molecule has 3 aromatic carbocycles. The van der Waals surface area contributed by atoms with Crippen LogP contribution in [0.1, 0.15) is 56.0 Å². The number of hydrogen-bond acceptors (Lipinski definition) is 5. The number of aryl methyl sites for hydroxylation is 1. The van der Waals surface area contributed by atoms with Crippen LogP contribution in [0.25, 0.3) is 11.1 Å². The summed E-state index contributed by atoms with van der Waals surface area (Å²) >= 11 is 0. The van der Waals surface area contributed by atoms with E-state index < -0.39 is 8.32 Å². The van der Waals surface area contributed by atoms with E-state index in [0.29, 0.717) is 18.4 Å². The number of benzene rings is 3. The second-order valence-corrected chi connectivity index (χ2v) is 18.2. The molecular formula is C37H44O5Si. The Morgan fingerprint density at radius 1 is 0.953 bits per heavy atom. The Bertz CT molecular complexity index is 1410. The molecule has 5 rings (SSSR count). The second-order valence-electron chi connectivity index (χ2n) is 13.4. The lowest BCUT2D eigenvalue weighted by molar-refractivity contribution is -0.141. The average molecular weight is 597 g/mol. The van der Waals surface area contributed by atoms with Gasteiger partial charge in [0.1, 0.15) is 12.2 Å². The number of esters is 2. The molecule has 0 bridgehead atoms. The van der Waals surface area contributed by atoms with E-state index in [0.717, 1.165) is 24.0 Å². The monoisotopic (exact) mass is 596 g/mol. The molecular weight excluding hydrogens is 552 g/mol. The lowest BCUT2D eigenvalue weighted by Gasteiger charge is -2.39. The average Bonchev–Trinajstić information content (AvgIpc) is 3.50. The third kappa shape index (κ3) is 7.54. The van der Waals surface area contributed by atoms with Crippen LogP contribution in [0.15, 0.2) is 97.1 Å². The first kappa shape index (κ1) is 31.0. The van der Waals surface area contributed by atoms with Crippen LogP contribution in [0.5, 0.6) is 0 Å². The highest BCUT2D eigenvalue weighted by atomic mass is 28.4. The third-order valence-corrected chi connectivity index (χ3v) is 13.9. The smallest absolute Gasteiger partial charge is 0.338 e. The van der Waals surface area contributed by atoms with Crippen LogP contribution in [0.4, 0.5) is 0 Å². The van der Waals surface area contributed by atoms with Gasteiger partial charge in [-0.15, -0.1) is 0 Å². The number of fused-ring (bicyclic) bond motifs is 1. The number of carbonyl (C=O) groups is 2. The Morgan fingerprint density at radius 3 is 2.23 bits per heavy atom. The molecule has 0 amide bonds. The topological polar surface area (TPSA) is 61.8 Å². The Kier molecular flexibility index (Phi) is 9.38. The van der Waals surface area contributed by atoms with Crippen LogP contribution in [0.3, 0.4) is 0 Å². The summed E-state index contributed by atoms with van der Waals surface area (Å²) in [6, 6.07) is 28.1. The highest BCUT2D eigenvalue weighted by Gasteiger charge is 2.51. The number of hydrogen-bond donors (Lipinski definition) is 0. The Balaban J connectivity index is 1.33. The van der Waals surface area contributed by atoms with Crippen LogP contribution in [0, 0.1) is 11.8 Å². The maximum Gasteiger partial charge on any atom is 0.338 e. The molecule has 6 heteroatoms. The second kappa shape index (κ2) is 13.0. The van der Waals surface area contributed by atoms with Gasteiger partial charge < -0.3 is 13.9 Å². The van der Waals surface area contributed by atoms with Crippen LogP contribution >= 0.6 is 0 Å². The van der Waals surface area contributed by atoms with Gasteiger partial charge in [0.15, 0.2) is 8.32 Å². The molecule has 1 heterocycles. The van der Waals surface area contributed by atoms with Gasteiger partial charge in [-0.1, -0.05) is 106 Å². The summed E-state index contributed by atoms with van der Waals surface area (Å²) in [6.07, 6.45) is 6.23. The van der Waals surface area contributed by atoms with E-state index in [-0.39, 0.29) is 47.1 Å². The molecule has 1 saturated carbocycles. The highest BCUT2D eigenvalue weighted by Crippen LogP contribution is 2.44. The van der Waals surface area contributed by atoms with Gasteiger partial charge in [0, 0.05) is 18.3 Å². The molecule has 1 aliphatic heterocycles. The van der Waals surface area contributed by atoms with Crippen molar-refractivity contribution in [2.24, 2.45) is 11.8 Å². The van der Waals surface area contributed by atoms with E-state index >= 15 is 0 Å². The van der Waals surface area contributed by atoms with Crippen LogP contribution < -0.4 is 0 Å². The predicted molar refractivity (Wildman–Crippen MR) is 173 cm³/mol. The fourth-order valence-electron chi connectivity index (χ4n) is 5.88. The first-order valence-electron chi connectivity index (χ1n) is 15.5. The summed E-state index contributed by atoms with van der Waals surface area (Å²) in [7, 11) is -2.05. The molecule has 1 aliphatic carbocycles. The normalized spacial score (nSPS) is 22.8. The van der Waals surface area contributed by atoms with Crippen LogP contribution in [0.2, 0.25) is 18.1 Å². The van der Waals surface area contributed by atoms with E-state index in [9.17, 15) is 9.59 Å². The van der Waals surface area contributed by atoms with E-state index in [1.54, 1.807) is 0 Å². The quantitative estimate of drug-likeness (QED) is 0.134. The van der Waals surface area contributed by atoms with E-state index in [4.69, 9.17) is 13.9 Å². The van der Waals surface area contributed by atoms with Crippen molar-refractivity contribution >= 4 is 20.3 Å². The van der Waals surface area contributed by atoms with E-state index in [1.165, 1.54) is 5.56 Å². The zero-order valence-electron chi connectivity index (χ0n) is 26.0. The van der Waals surface area contributed by atoms with Gasteiger partial charge in [-0.2, -0.15) is 0 Å². The summed E-state index contributed by atoms with van der Waals surface area (Å²) < 4.78 is 18.7. The van der Waals surface area contributed by atoms with Crippen molar-refractivity contribution in [3.63, 3.8) is 0 Å². The summed E-state index contributed by atoms with van der Waals surface area (Å²) in [5, 5.41) is 0.0735. The largest absolute Gasteiger partial charge is 0.462 e. The molecule has 3 aromatic rings. The number of rotatable bonds is 10. The summed E-state index contributed by atoms with van der Waals surface area (Å²) in [5.74, 6) is -0.656. The van der Waals surface area contributed by atoms with E-state index in [1.807, 2.05) is 60.7 Å². The Hall–Kier alpha value is -3.48. The molecule has 1 saturated heterocycles. The molecule has 0 aromatic heterocycles. The molecule has 0 spiro atoms.